The fourth-order valence-electron chi connectivity index (χ4n) is 1.74. The van der Waals surface area contributed by atoms with Crippen molar-refractivity contribution in [3.8, 4) is 0 Å². The van der Waals surface area contributed by atoms with Gasteiger partial charge in [0.05, 0.1) is 38.0 Å². The number of hydrogen-bond acceptors (Lipinski definition) is 5. The Bertz CT molecular complexity index is 287. The SMILES string of the molecule is COCCSCC(=O)N1CCOCC1CC(=O)O. The molecule has 0 spiro atoms. The van der Waals surface area contributed by atoms with Gasteiger partial charge in [-0.25, -0.2) is 0 Å². The average Bonchev–Trinajstić information content (AvgIpc) is 2.34. The van der Waals surface area contributed by atoms with Crippen molar-refractivity contribution in [2.45, 2.75) is 12.5 Å². The number of aliphatic carboxylic acids is 1. The van der Waals surface area contributed by atoms with Crippen LogP contribution in [-0.2, 0) is 19.1 Å². The van der Waals surface area contributed by atoms with Crippen molar-refractivity contribution < 1.29 is 24.2 Å². The molecule has 1 fully saturated rings. The Hall–Kier alpha value is -0.790. The van der Waals surface area contributed by atoms with Crippen LogP contribution in [-0.4, -0.2) is 72.9 Å². The van der Waals surface area contributed by atoms with E-state index in [0.29, 0.717) is 32.1 Å². The molecular formula is C11H19NO5S. The van der Waals surface area contributed by atoms with Crippen molar-refractivity contribution in [1.29, 1.82) is 0 Å². The van der Waals surface area contributed by atoms with Crippen molar-refractivity contribution in [1.82, 2.24) is 4.90 Å². The lowest BCUT2D eigenvalue weighted by Crippen LogP contribution is -2.50. The molecule has 1 N–H and O–H groups in total. The van der Waals surface area contributed by atoms with E-state index < -0.39 is 5.97 Å². The molecule has 1 rings (SSSR count). The summed E-state index contributed by atoms with van der Waals surface area (Å²) in [7, 11) is 1.62. The van der Waals surface area contributed by atoms with Gasteiger partial charge in [0.25, 0.3) is 0 Å². The van der Waals surface area contributed by atoms with Gasteiger partial charge in [-0.15, -0.1) is 11.8 Å². The van der Waals surface area contributed by atoms with Gasteiger partial charge in [0.15, 0.2) is 0 Å². The molecule has 18 heavy (non-hydrogen) atoms. The molecule has 1 amide bonds. The summed E-state index contributed by atoms with van der Waals surface area (Å²) in [5, 5.41) is 8.80. The smallest absolute Gasteiger partial charge is 0.305 e. The van der Waals surface area contributed by atoms with E-state index in [1.165, 1.54) is 11.8 Å². The highest BCUT2D eigenvalue weighted by Crippen LogP contribution is 2.13. The van der Waals surface area contributed by atoms with Crippen LogP contribution >= 0.6 is 11.8 Å². The first-order chi connectivity index (χ1) is 8.65. The molecule has 0 saturated carbocycles. The Morgan fingerprint density at radius 2 is 2.33 bits per heavy atom. The number of hydrogen-bond donors (Lipinski definition) is 1. The van der Waals surface area contributed by atoms with Gasteiger partial charge in [-0.3, -0.25) is 9.59 Å². The van der Waals surface area contributed by atoms with Gasteiger partial charge >= 0.3 is 5.97 Å². The number of nitrogens with zero attached hydrogens (tertiary/aromatic N) is 1. The van der Waals surface area contributed by atoms with Crippen molar-refractivity contribution in [2.75, 3.05) is 45.0 Å². The van der Waals surface area contributed by atoms with Crippen molar-refractivity contribution in [3.63, 3.8) is 0 Å². The number of carboxylic acids is 1. The van der Waals surface area contributed by atoms with Crippen LogP contribution in [0, 0.1) is 0 Å². The highest BCUT2D eigenvalue weighted by Gasteiger charge is 2.28. The summed E-state index contributed by atoms with van der Waals surface area (Å²) in [6.07, 6.45) is -0.0610. The molecule has 1 aliphatic heterocycles. The van der Waals surface area contributed by atoms with Crippen LogP contribution in [0.15, 0.2) is 0 Å². The second kappa shape index (κ2) is 8.34. The van der Waals surface area contributed by atoms with E-state index in [0.717, 1.165) is 5.75 Å². The van der Waals surface area contributed by atoms with Crippen molar-refractivity contribution in [3.05, 3.63) is 0 Å². The maximum Gasteiger partial charge on any atom is 0.305 e. The third-order valence-electron chi connectivity index (χ3n) is 2.62. The number of rotatable bonds is 7. The van der Waals surface area contributed by atoms with Crippen LogP contribution in [0.1, 0.15) is 6.42 Å². The van der Waals surface area contributed by atoms with E-state index in [1.807, 2.05) is 0 Å². The minimum Gasteiger partial charge on any atom is -0.481 e. The fourth-order valence-corrected chi connectivity index (χ4v) is 2.51. The van der Waals surface area contributed by atoms with E-state index >= 15 is 0 Å². The monoisotopic (exact) mass is 277 g/mol. The molecule has 1 atom stereocenters. The predicted octanol–water partition coefficient (Wildman–Crippen LogP) is 0.0681. The maximum atomic E-state index is 12.0. The average molecular weight is 277 g/mol. The minimum atomic E-state index is -0.907. The first-order valence-electron chi connectivity index (χ1n) is 5.81. The molecule has 0 aromatic carbocycles. The van der Waals surface area contributed by atoms with Crippen LogP contribution in [0.25, 0.3) is 0 Å². The van der Waals surface area contributed by atoms with Crippen LogP contribution in [0.5, 0.6) is 0 Å². The highest BCUT2D eigenvalue weighted by atomic mass is 32.2. The largest absolute Gasteiger partial charge is 0.481 e. The Labute approximate surface area is 111 Å². The fraction of sp³-hybridized carbons (Fsp3) is 0.818. The van der Waals surface area contributed by atoms with Crippen LogP contribution in [0.4, 0.5) is 0 Å². The molecule has 1 aliphatic rings. The zero-order chi connectivity index (χ0) is 13.4. The summed E-state index contributed by atoms with van der Waals surface area (Å²) < 4.78 is 10.1. The van der Waals surface area contributed by atoms with E-state index in [2.05, 4.69) is 0 Å². The Morgan fingerprint density at radius 3 is 3.00 bits per heavy atom. The summed E-state index contributed by atoms with van der Waals surface area (Å²) in [6.45, 7) is 1.87. The maximum absolute atomic E-state index is 12.0. The lowest BCUT2D eigenvalue weighted by Gasteiger charge is -2.34. The molecule has 0 bridgehead atoms. The highest BCUT2D eigenvalue weighted by molar-refractivity contribution is 7.99. The number of morpholine rings is 1. The standard InChI is InChI=1S/C11H19NO5S/c1-16-4-5-18-8-10(13)12-2-3-17-7-9(12)6-11(14)15/h9H,2-8H2,1H3,(H,14,15). The second-order valence-corrected chi connectivity index (χ2v) is 5.06. The third-order valence-corrected chi connectivity index (χ3v) is 3.52. The number of methoxy groups -OCH3 is 1. The molecule has 7 heteroatoms. The Morgan fingerprint density at radius 1 is 1.56 bits per heavy atom. The predicted molar refractivity (Wildman–Crippen MR) is 67.8 cm³/mol. The quantitative estimate of drug-likeness (QED) is 0.664. The van der Waals surface area contributed by atoms with Crippen LogP contribution in [0.2, 0.25) is 0 Å². The van der Waals surface area contributed by atoms with Gasteiger partial charge in [-0.2, -0.15) is 0 Å². The molecule has 1 unspecified atom stereocenters. The van der Waals surface area contributed by atoms with Gasteiger partial charge < -0.3 is 19.5 Å². The van der Waals surface area contributed by atoms with Crippen LogP contribution < -0.4 is 0 Å². The first-order valence-corrected chi connectivity index (χ1v) is 6.96. The molecular weight excluding hydrogens is 258 g/mol. The van der Waals surface area contributed by atoms with Gasteiger partial charge in [0, 0.05) is 19.4 Å². The Balaban J connectivity index is 2.39. The zero-order valence-corrected chi connectivity index (χ0v) is 11.3. The van der Waals surface area contributed by atoms with Crippen molar-refractivity contribution >= 4 is 23.6 Å². The van der Waals surface area contributed by atoms with E-state index in [9.17, 15) is 9.59 Å². The third kappa shape index (κ3) is 5.24. The molecule has 1 heterocycles. The van der Waals surface area contributed by atoms with E-state index in [4.69, 9.17) is 14.6 Å². The topological polar surface area (TPSA) is 76.1 Å². The number of thioether (sulfide) groups is 1. The number of carboxylic acid groups (broad SMARTS) is 1. The Kier molecular flexibility index (Phi) is 7.07. The molecule has 0 aliphatic carbocycles. The molecule has 0 aromatic heterocycles. The van der Waals surface area contributed by atoms with Gasteiger partial charge in [-0.05, 0) is 0 Å². The molecule has 1 saturated heterocycles. The number of amides is 1. The number of ether oxygens (including phenoxy) is 2. The summed E-state index contributed by atoms with van der Waals surface area (Å²) in [6, 6.07) is -0.341. The lowest BCUT2D eigenvalue weighted by atomic mass is 10.1. The van der Waals surface area contributed by atoms with Gasteiger partial charge in [0.1, 0.15) is 0 Å². The second-order valence-electron chi connectivity index (χ2n) is 3.96. The van der Waals surface area contributed by atoms with Gasteiger partial charge in [-0.1, -0.05) is 0 Å². The lowest BCUT2D eigenvalue weighted by molar-refractivity contribution is -0.144. The van der Waals surface area contributed by atoms with Gasteiger partial charge in [0.2, 0.25) is 5.91 Å². The summed E-state index contributed by atoms with van der Waals surface area (Å²) in [4.78, 5) is 24.3. The summed E-state index contributed by atoms with van der Waals surface area (Å²) in [5.41, 5.74) is 0. The first kappa shape index (κ1) is 15.3. The zero-order valence-electron chi connectivity index (χ0n) is 10.5. The summed E-state index contributed by atoms with van der Waals surface area (Å²) in [5.74, 6) is 0.191. The molecule has 0 radical (unpaired) electrons. The minimum absolute atomic E-state index is 0.0225. The normalized spacial score (nSPS) is 19.8. The number of carbonyl (C=O) groups excluding carboxylic acids is 1. The molecule has 6 nitrogen and oxygen atoms in total. The molecule has 104 valence electrons. The van der Waals surface area contributed by atoms with Crippen molar-refractivity contribution in [2.24, 2.45) is 0 Å². The summed E-state index contributed by atoms with van der Waals surface area (Å²) >= 11 is 1.50. The van der Waals surface area contributed by atoms with E-state index in [-0.39, 0.29) is 18.4 Å². The molecule has 0 aromatic rings. The van der Waals surface area contributed by atoms with Crippen LogP contribution in [0.3, 0.4) is 0 Å². The number of carbonyl (C=O) groups is 2. The van der Waals surface area contributed by atoms with E-state index in [1.54, 1.807) is 12.0 Å².